The van der Waals surface area contributed by atoms with Crippen LogP contribution in [0.1, 0.15) is 38.3 Å². The van der Waals surface area contributed by atoms with Crippen molar-refractivity contribution in [2.45, 2.75) is 33.6 Å². The molecule has 1 aliphatic rings. The van der Waals surface area contributed by atoms with E-state index >= 15 is 0 Å². The zero-order valence-electron chi connectivity index (χ0n) is 12.6. The molecule has 1 aromatic rings. The summed E-state index contributed by atoms with van der Waals surface area (Å²) in [6.07, 6.45) is 0.933. The summed E-state index contributed by atoms with van der Waals surface area (Å²) in [6, 6.07) is 5.39. The first-order valence-corrected chi connectivity index (χ1v) is 7.00. The van der Waals surface area contributed by atoms with Gasteiger partial charge < -0.3 is 5.11 Å². The van der Waals surface area contributed by atoms with Crippen molar-refractivity contribution in [2.24, 2.45) is 5.41 Å². The molecular weight excluding hydrogens is 266 g/mol. The minimum Gasteiger partial charge on any atom is -0.384 e. The molecule has 0 saturated carbocycles. The summed E-state index contributed by atoms with van der Waals surface area (Å²) in [5.74, 6) is 5.12. The minimum absolute atomic E-state index is 0.156. The number of imide groups is 1. The summed E-state index contributed by atoms with van der Waals surface area (Å²) in [4.78, 5) is 25.9. The Kier molecular flexibility index (Phi) is 4.15. The first-order chi connectivity index (χ1) is 9.90. The molecule has 0 atom stereocenters. The molecule has 2 amide bonds. The van der Waals surface area contributed by atoms with E-state index in [4.69, 9.17) is 5.11 Å². The maximum Gasteiger partial charge on any atom is 0.239 e. The summed E-state index contributed by atoms with van der Waals surface area (Å²) >= 11 is 0. The van der Waals surface area contributed by atoms with E-state index in [0.29, 0.717) is 12.1 Å². The number of anilines is 1. The zero-order chi connectivity index (χ0) is 15.6. The Balaban J connectivity index is 2.45. The highest BCUT2D eigenvalue weighted by atomic mass is 16.2. The van der Waals surface area contributed by atoms with E-state index in [1.165, 1.54) is 4.90 Å². The highest BCUT2D eigenvalue weighted by Gasteiger charge is 2.45. The zero-order valence-corrected chi connectivity index (χ0v) is 12.6. The van der Waals surface area contributed by atoms with Crippen LogP contribution in [-0.2, 0) is 16.0 Å². The highest BCUT2D eigenvalue weighted by Crippen LogP contribution is 2.36. The molecule has 1 fully saturated rings. The summed E-state index contributed by atoms with van der Waals surface area (Å²) in [6.45, 7) is 5.36. The van der Waals surface area contributed by atoms with Gasteiger partial charge in [0, 0.05) is 12.0 Å². The Morgan fingerprint density at radius 2 is 2.05 bits per heavy atom. The van der Waals surface area contributed by atoms with Crippen molar-refractivity contribution in [1.29, 1.82) is 0 Å². The lowest BCUT2D eigenvalue weighted by Crippen LogP contribution is -2.33. The fourth-order valence-corrected chi connectivity index (χ4v) is 2.50. The van der Waals surface area contributed by atoms with Gasteiger partial charge in [0.05, 0.1) is 11.1 Å². The van der Waals surface area contributed by atoms with Crippen LogP contribution in [0.25, 0.3) is 0 Å². The third-order valence-corrected chi connectivity index (χ3v) is 3.64. The van der Waals surface area contributed by atoms with Crippen LogP contribution in [0.4, 0.5) is 5.69 Å². The standard InChI is InChI=1S/C17H19NO3/c1-4-13-10-12(6-5-9-19)7-8-14(13)18-15(20)11-17(2,3)16(18)21/h7-8,10,19H,4,9,11H2,1-3H3. The van der Waals surface area contributed by atoms with Crippen LogP contribution in [0.2, 0.25) is 0 Å². The number of amides is 2. The van der Waals surface area contributed by atoms with E-state index in [9.17, 15) is 9.59 Å². The quantitative estimate of drug-likeness (QED) is 0.667. The summed E-state index contributed by atoms with van der Waals surface area (Å²) < 4.78 is 0. The van der Waals surface area contributed by atoms with Gasteiger partial charge >= 0.3 is 0 Å². The van der Waals surface area contributed by atoms with Crippen LogP contribution in [0.15, 0.2) is 18.2 Å². The monoisotopic (exact) mass is 285 g/mol. The number of aryl methyl sites for hydroxylation is 1. The lowest BCUT2D eigenvalue weighted by molar-refractivity contribution is -0.124. The molecule has 0 aliphatic carbocycles. The van der Waals surface area contributed by atoms with Crippen molar-refractivity contribution in [1.82, 2.24) is 0 Å². The molecule has 0 spiro atoms. The predicted molar refractivity (Wildman–Crippen MR) is 80.7 cm³/mol. The van der Waals surface area contributed by atoms with Gasteiger partial charge in [-0.3, -0.25) is 9.59 Å². The Hall–Kier alpha value is -2.12. The van der Waals surface area contributed by atoms with Crippen molar-refractivity contribution in [3.8, 4) is 11.8 Å². The molecule has 1 heterocycles. The van der Waals surface area contributed by atoms with Crippen molar-refractivity contribution < 1.29 is 14.7 Å². The van der Waals surface area contributed by atoms with Crippen molar-refractivity contribution in [3.63, 3.8) is 0 Å². The summed E-state index contributed by atoms with van der Waals surface area (Å²) in [5, 5.41) is 8.74. The molecule has 21 heavy (non-hydrogen) atoms. The second-order valence-electron chi connectivity index (χ2n) is 5.75. The molecule has 4 heteroatoms. The molecule has 1 aromatic carbocycles. The van der Waals surface area contributed by atoms with Crippen molar-refractivity contribution in [3.05, 3.63) is 29.3 Å². The average molecular weight is 285 g/mol. The van der Waals surface area contributed by atoms with E-state index < -0.39 is 5.41 Å². The third kappa shape index (κ3) is 2.84. The lowest BCUT2D eigenvalue weighted by Gasteiger charge is -2.20. The minimum atomic E-state index is -0.641. The van der Waals surface area contributed by atoms with E-state index in [-0.39, 0.29) is 24.8 Å². The molecule has 1 saturated heterocycles. The first kappa shape index (κ1) is 15.3. The smallest absolute Gasteiger partial charge is 0.239 e. The van der Waals surface area contributed by atoms with Gasteiger partial charge in [-0.05, 0) is 30.2 Å². The molecular formula is C17H19NO3. The number of nitrogens with zero attached hydrogens (tertiary/aromatic N) is 1. The maximum absolute atomic E-state index is 12.4. The molecule has 1 aliphatic heterocycles. The van der Waals surface area contributed by atoms with Gasteiger partial charge in [0.2, 0.25) is 11.8 Å². The molecule has 0 bridgehead atoms. The van der Waals surface area contributed by atoms with Crippen LogP contribution >= 0.6 is 0 Å². The lowest BCUT2D eigenvalue weighted by atomic mass is 9.92. The fourth-order valence-electron chi connectivity index (χ4n) is 2.50. The van der Waals surface area contributed by atoms with E-state index in [1.54, 1.807) is 26.0 Å². The van der Waals surface area contributed by atoms with E-state index in [2.05, 4.69) is 11.8 Å². The Labute approximate surface area is 124 Å². The summed E-state index contributed by atoms with van der Waals surface area (Å²) in [7, 11) is 0. The highest BCUT2D eigenvalue weighted by molar-refractivity contribution is 6.22. The predicted octanol–water partition coefficient (Wildman–Crippen LogP) is 1.88. The number of hydrogen-bond acceptors (Lipinski definition) is 3. The fraction of sp³-hybridized carbons (Fsp3) is 0.412. The van der Waals surface area contributed by atoms with Crippen molar-refractivity contribution >= 4 is 17.5 Å². The number of aliphatic hydroxyl groups excluding tert-OH is 1. The third-order valence-electron chi connectivity index (χ3n) is 3.64. The van der Waals surface area contributed by atoms with Gasteiger partial charge in [-0.15, -0.1) is 0 Å². The van der Waals surface area contributed by atoms with Gasteiger partial charge in [0.1, 0.15) is 6.61 Å². The molecule has 2 rings (SSSR count). The van der Waals surface area contributed by atoms with E-state index in [0.717, 1.165) is 11.1 Å². The first-order valence-electron chi connectivity index (χ1n) is 7.00. The maximum atomic E-state index is 12.4. The van der Waals surface area contributed by atoms with Gasteiger partial charge in [0.15, 0.2) is 0 Å². The number of benzene rings is 1. The number of carbonyl (C=O) groups excluding carboxylic acids is 2. The van der Waals surface area contributed by atoms with Gasteiger partial charge in [-0.1, -0.05) is 32.6 Å². The Bertz CT molecular complexity index is 650. The molecule has 0 unspecified atom stereocenters. The molecule has 0 aromatic heterocycles. The van der Waals surface area contributed by atoms with Crippen LogP contribution in [0.5, 0.6) is 0 Å². The molecule has 4 nitrogen and oxygen atoms in total. The topological polar surface area (TPSA) is 57.6 Å². The van der Waals surface area contributed by atoms with Crippen molar-refractivity contribution in [2.75, 3.05) is 11.5 Å². The van der Waals surface area contributed by atoms with E-state index in [1.807, 2.05) is 13.0 Å². The van der Waals surface area contributed by atoms with Crippen LogP contribution in [0, 0.1) is 17.3 Å². The van der Waals surface area contributed by atoms with Crippen LogP contribution < -0.4 is 4.90 Å². The molecule has 1 N–H and O–H groups in total. The Morgan fingerprint density at radius 3 is 2.57 bits per heavy atom. The van der Waals surface area contributed by atoms with Gasteiger partial charge in [0.25, 0.3) is 0 Å². The van der Waals surface area contributed by atoms with Crippen LogP contribution in [-0.4, -0.2) is 23.5 Å². The largest absolute Gasteiger partial charge is 0.384 e. The number of aliphatic hydroxyl groups is 1. The molecule has 0 radical (unpaired) electrons. The average Bonchev–Trinajstić information content (AvgIpc) is 2.65. The second kappa shape index (κ2) is 5.71. The number of carbonyl (C=O) groups is 2. The SMILES string of the molecule is CCc1cc(C#CCO)ccc1N1C(=O)CC(C)(C)C1=O. The number of rotatable bonds is 2. The van der Waals surface area contributed by atoms with Gasteiger partial charge in [-0.2, -0.15) is 0 Å². The summed E-state index contributed by atoms with van der Waals surface area (Å²) in [5.41, 5.74) is 1.67. The van der Waals surface area contributed by atoms with Crippen LogP contribution in [0.3, 0.4) is 0 Å². The number of hydrogen-bond donors (Lipinski definition) is 1. The Morgan fingerprint density at radius 1 is 1.33 bits per heavy atom. The molecule has 110 valence electrons. The van der Waals surface area contributed by atoms with Gasteiger partial charge in [-0.25, -0.2) is 4.90 Å². The second-order valence-corrected chi connectivity index (χ2v) is 5.75. The normalized spacial score (nSPS) is 16.9.